The zero-order chi connectivity index (χ0) is 14.1. The Morgan fingerprint density at radius 2 is 2.10 bits per heavy atom. The van der Waals surface area contributed by atoms with Gasteiger partial charge in [0, 0.05) is 24.2 Å². The minimum atomic E-state index is -0.394. The first-order valence-electron chi connectivity index (χ1n) is 6.69. The normalized spacial score (nSPS) is 22.9. The lowest BCUT2D eigenvalue weighted by molar-refractivity contribution is -0.384. The topological polar surface area (TPSA) is 94.1 Å². The summed E-state index contributed by atoms with van der Waals surface area (Å²) in [5.74, 6) is 0. The standard InChI is InChI=1S/C13H16N4O2S/c14-8-1-3-9(4-2-8)15-13-16-11-7-10(17(18)19)5-6-12(11)20-13/h5-9H,1-4,14H2,(H,15,16). The van der Waals surface area contributed by atoms with Gasteiger partial charge in [0.2, 0.25) is 0 Å². The number of anilines is 1. The van der Waals surface area contributed by atoms with Crippen LogP contribution in [0, 0.1) is 10.1 Å². The van der Waals surface area contributed by atoms with Gasteiger partial charge in [-0.25, -0.2) is 4.98 Å². The van der Waals surface area contributed by atoms with E-state index in [0.29, 0.717) is 17.6 Å². The minimum absolute atomic E-state index is 0.0815. The Balaban J connectivity index is 1.77. The molecule has 20 heavy (non-hydrogen) atoms. The summed E-state index contributed by atoms with van der Waals surface area (Å²) < 4.78 is 0.964. The molecule has 0 amide bonds. The maximum Gasteiger partial charge on any atom is 0.271 e. The predicted molar refractivity (Wildman–Crippen MR) is 80.1 cm³/mol. The molecule has 1 aliphatic rings. The molecular weight excluding hydrogens is 276 g/mol. The molecule has 0 radical (unpaired) electrons. The third-order valence-corrected chi connectivity index (χ3v) is 4.65. The second-order valence-electron chi connectivity index (χ2n) is 5.18. The van der Waals surface area contributed by atoms with Crippen molar-refractivity contribution in [3.63, 3.8) is 0 Å². The number of hydrogen-bond donors (Lipinski definition) is 2. The summed E-state index contributed by atoms with van der Waals surface area (Å²) in [6, 6.07) is 5.53. The van der Waals surface area contributed by atoms with Crippen LogP contribution in [-0.4, -0.2) is 22.0 Å². The largest absolute Gasteiger partial charge is 0.359 e. The van der Waals surface area contributed by atoms with Gasteiger partial charge in [-0.15, -0.1) is 0 Å². The number of benzene rings is 1. The number of nitro benzene ring substituents is 1. The third-order valence-electron chi connectivity index (χ3n) is 3.68. The summed E-state index contributed by atoms with van der Waals surface area (Å²) in [6.45, 7) is 0. The van der Waals surface area contributed by atoms with Gasteiger partial charge >= 0.3 is 0 Å². The highest BCUT2D eigenvalue weighted by atomic mass is 32.1. The SMILES string of the molecule is NC1CCC(Nc2nc3cc([N+](=O)[O-])ccc3s2)CC1. The van der Waals surface area contributed by atoms with E-state index >= 15 is 0 Å². The summed E-state index contributed by atoms with van der Waals surface area (Å²) in [7, 11) is 0. The van der Waals surface area contributed by atoms with E-state index in [9.17, 15) is 10.1 Å². The van der Waals surface area contributed by atoms with Gasteiger partial charge in [-0.2, -0.15) is 0 Å². The number of fused-ring (bicyclic) bond motifs is 1. The second-order valence-corrected chi connectivity index (χ2v) is 6.21. The number of rotatable bonds is 3. The summed E-state index contributed by atoms with van der Waals surface area (Å²) in [5.41, 5.74) is 6.65. The van der Waals surface area contributed by atoms with Crippen molar-refractivity contribution in [3.05, 3.63) is 28.3 Å². The van der Waals surface area contributed by atoms with Gasteiger partial charge in [0.05, 0.1) is 15.1 Å². The first kappa shape index (κ1) is 13.3. The van der Waals surface area contributed by atoms with Crippen LogP contribution >= 0.6 is 11.3 Å². The Kier molecular flexibility index (Phi) is 3.54. The van der Waals surface area contributed by atoms with Crippen LogP contribution in [0.15, 0.2) is 18.2 Å². The number of nitro groups is 1. The van der Waals surface area contributed by atoms with E-state index in [4.69, 9.17) is 5.73 Å². The molecule has 6 nitrogen and oxygen atoms in total. The van der Waals surface area contributed by atoms with Gasteiger partial charge in [0.1, 0.15) is 0 Å². The van der Waals surface area contributed by atoms with E-state index in [1.807, 2.05) is 0 Å². The van der Waals surface area contributed by atoms with E-state index in [0.717, 1.165) is 35.5 Å². The van der Waals surface area contributed by atoms with Crippen LogP contribution in [-0.2, 0) is 0 Å². The van der Waals surface area contributed by atoms with Gasteiger partial charge in [-0.1, -0.05) is 11.3 Å². The van der Waals surface area contributed by atoms with Crippen molar-refractivity contribution in [2.75, 3.05) is 5.32 Å². The number of nitrogens with one attached hydrogen (secondary N) is 1. The average molecular weight is 292 g/mol. The molecule has 1 saturated carbocycles. The molecule has 3 N–H and O–H groups in total. The van der Waals surface area contributed by atoms with Crippen molar-refractivity contribution >= 4 is 32.4 Å². The molecule has 106 valence electrons. The van der Waals surface area contributed by atoms with Crippen LogP contribution in [0.3, 0.4) is 0 Å². The van der Waals surface area contributed by atoms with Crippen LogP contribution in [0.4, 0.5) is 10.8 Å². The van der Waals surface area contributed by atoms with E-state index in [-0.39, 0.29) is 5.69 Å². The molecular formula is C13H16N4O2S. The Morgan fingerprint density at radius 1 is 1.35 bits per heavy atom. The molecule has 1 aromatic heterocycles. The molecule has 0 spiro atoms. The molecule has 2 aromatic rings. The third kappa shape index (κ3) is 2.73. The zero-order valence-corrected chi connectivity index (χ0v) is 11.7. The summed E-state index contributed by atoms with van der Waals surface area (Å²) in [5, 5.41) is 15.0. The van der Waals surface area contributed by atoms with Crippen LogP contribution in [0.25, 0.3) is 10.2 Å². The van der Waals surface area contributed by atoms with Gasteiger partial charge in [-0.05, 0) is 31.7 Å². The molecule has 1 aliphatic carbocycles. The van der Waals surface area contributed by atoms with E-state index in [1.165, 1.54) is 23.5 Å². The highest BCUT2D eigenvalue weighted by Gasteiger charge is 2.19. The van der Waals surface area contributed by atoms with Crippen molar-refractivity contribution in [2.45, 2.75) is 37.8 Å². The molecule has 1 heterocycles. The van der Waals surface area contributed by atoms with Gasteiger partial charge in [0.25, 0.3) is 5.69 Å². The molecule has 0 saturated heterocycles. The Labute approximate surface area is 120 Å². The van der Waals surface area contributed by atoms with Crippen LogP contribution in [0.2, 0.25) is 0 Å². The quantitative estimate of drug-likeness (QED) is 0.670. The van der Waals surface area contributed by atoms with Crippen LogP contribution < -0.4 is 11.1 Å². The Morgan fingerprint density at radius 3 is 2.80 bits per heavy atom. The summed E-state index contributed by atoms with van der Waals surface area (Å²) >= 11 is 1.54. The van der Waals surface area contributed by atoms with Crippen molar-refractivity contribution in [1.29, 1.82) is 0 Å². The lowest BCUT2D eigenvalue weighted by Crippen LogP contribution is -2.32. The van der Waals surface area contributed by atoms with Crippen molar-refractivity contribution < 1.29 is 4.92 Å². The molecule has 7 heteroatoms. The lowest BCUT2D eigenvalue weighted by atomic mass is 9.92. The summed E-state index contributed by atoms with van der Waals surface area (Å²) in [6.07, 6.45) is 4.18. The molecule has 0 aliphatic heterocycles. The number of thiazole rings is 1. The Bertz CT molecular complexity index is 634. The van der Waals surface area contributed by atoms with Crippen molar-refractivity contribution in [1.82, 2.24) is 4.98 Å². The number of hydrogen-bond acceptors (Lipinski definition) is 6. The van der Waals surface area contributed by atoms with Gasteiger partial charge in [-0.3, -0.25) is 10.1 Å². The van der Waals surface area contributed by atoms with E-state index in [1.54, 1.807) is 6.07 Å². The minimum Gasteiger partial charge on any atom is -0.359 e. The van der Waals surface area contributed by atoms with Crippen molar-refractivity contribution in [3.8, 4) is 0 Å². The zero-order valence-electron chi connectivity index (χ0n) is 10.9. The Hall–Kier alpha value is -1.73. The number of aromatic nitrogens is 1. The highest BCUT2D eigenvalue weighted by molar-refractivity contribution is 7.22. The number of nitrogens with two attached hydrogens (primary N) is 1. The number of non-ortho nitro benzene ring substituents is 1. The average Bonchev–Trinajstić information content (AvgIpc) is 2.82. The predicted octanol–water partition coefficient (Wildman–Crippen LogP) is 2.89. The molecule has 0 unspecified atom stereocenters. The number of nitrogens with zero attached hydrogens (tertiary/aromatic N) is 2. The maximum atomic E-state index is 10.8. The monoisotopic (exact) mass is 292 g/mol. The fraction of sp³-hybridized carbons (Fsp3) is 0.462. The first-order valence-corrected chi connectivity index (χ1v) is 7.50. The lowest BCUT2D eigenvalue weighted by Gasteiger charge is -2.26. The van der Waals surface area contributed by atoms with Crippen molar-refractivity contribution in [2.24, 2.45) is 5.73 Å². The molecule has 1 aromatic carbocycles. The fourth-order valence-corrected chi connectivity index (χ4v) is 3.45. The smallest absolute Gasteiger partial charge is 0.271 e. The molecule has 3 rings (SSSR count). The molecule has 0 atom stereocenters. The second kappa shape index (κ2) is 5.34. The van der Waals surface area contributed by atoms with Gasteiger partial charge < -0.3 is 11.1 Å². The molecule has 0 bridgehead atoms. The first-order chi connectivity index (χ1) is 9.61. The van der Waals surface area contributed by atoms with Crippen LogP contribution in [0.1, 0.15) is 25.7 Å². The fourth-order valence-electron chi connectivity index (χ4n) is 2.53. The summed E-state index contributed by atoms with van der Waals surface area (Å²) in [4.78, 5) is 14.8. The highest BCUT2D eigenvalue weighted by Crippen LogP contribution is 2.30. The van der Waals surface area contributed by atoms with Gasteiger partial charge in [0.15, 0.2) is 5.13 Å². The van der Waals surface area contributed by atoms with E-state index < -0.39 is 4.92 Å². The molecule has 1 fully saturated rings. The van der Waals surface area contributed by atoms with Crippen LogP contribution in [0.5, 0.6) is 0 Å². The maximum absolute atomic E-state index is 10.8. The van der Waals surface area contributed by atoms with E-state index in [2.05, 4.69) is 10.3 Å².